The number of rotatable bonds is 4. The van der Waals surface area contributed by atoms with Crippen molar-refractivity contribution in [2.24, 2.45) is 5.92 Å². The van der Waals surface area contributed by atoms with Crippen molar-refractivity contribution in [1.82, 2.24) is 5.32 Å². The van der Waals surface area contributed by atoms with E-state index in [0.29, 0.717) is 13.0 Å². The normalized spacial score (nSPS) is 20.6. The molecule has 0 bridgehead atoms. The molecule has 0 aliphatic carbocycles. The molecule has 1 amide bonds. The van der Waals surface area contributed by atoms with Crippen LogP contribution in [-0.4, -0.2) is 30.7 Å². The van der Waals surface area contributed by atoms with Crippen LogP contribution in [0.5, 0.6) is 0 Å². The maximum atomic E-state index is 12.0. The SMILES string of the molecule is CC(C)C(O)CNC1CC(=O)N(C)c2ccccc21. The van der Waals surface area contributed by atoms with Gasteiger partial charge < -0.3 is 15.3 Å². The Hall–Kier alpha value is -1.39. The van der Waals surface area contributed by atoms with E-state index >= 15 is 0 Å². The zero-order chi connectivity index (χ0) is 14.0. The van der Waals surface area contributed by atoms with Gasteiger partial charge in [-0.05, 0) is 17.5 Å². The molecule has 19 heavy (non-hydrogen) atoms. The fourth-order valence-electron chi connectivity index (χ4n) is 2.32. The van der Waals surface area contributed by atoms with Crippen LogP contribution in [0.2, 0.25) is 0 Å². The van der Waals surface area contributed by atoms with Crippen molar-refractivity contribution in [2.75, 3.05) is 18.5 Å². The van der Waals surface area contributed by atoms with Gasteiger partial charge in [-0.25, -0.2) is 0 Å². The van der Waals surface area contributed by atoms with Gasteiger partial charge in [0.05, 0.1) is 6.10 Å². The van der Waals surface area contributed by atoms with Crippen molar-refractivity contribution in [3.05, 3.63) is 29.8 Å². The van der Waals surface area contributed by atoms with Gasteiger partial charge in [0.15, 0.2) is 0 Å². The molecule has 2 N–H and O–H groups in total. The molecule has 1 aromatic rings. The molecule has 2 atom stereocenters. The summed E-state index contributed by atoms with van der Waals surface area (Å²) in [5.41, 5.74) is 2.08. The molecule has 104 valence electrons. The number of hydrogen-bond acceptors (Lipinski definition) is 3. The first kappa shape index (κ1) is 14.0. The average Bonchev–Trinajstić information content (AvgIpc) is 2.40. The third-order valence-electron chi connectivity index (χ3n) is 3.77. The Kier molecular flexibility index (Phi) is 4.22. The molecule has 1 aliphatic heterocycles. The molecular formula is C15H22N2O2. The number of amides is 1. The zero-order valence-electron chi connectivity index (χ0n) is 11.8. The Bertz CT molecular complexity index is 459. The van der Waals surface area contributed by atoms with Crippen molar-refractivity contribution >= 4 is 11.6 Å². The van der Waals surface area contributed by atoms with Crippen LogP contribution in [0.3, 0.4) is 0 Å². The molecule has 1 heterocycles. The number of aliphatic hydroxyl groups is 1. The number of nitrogens with zero attached hydrogens (tertiary/aromatic N) is 1. The van der Waals surface area contributed by atoms with Gasteiger partial charge in [-0.1, -0.05) is 32.0 Å². The molecule has 4 nitrogen and oxygen atoms in total. The standard InChI is InChI=1S/C15H22N2O2/c1-10(2)14(18)9-16-12-8-15(19)17(3)13-7-5-4-6-11(12)13/h4-7,10,12,14,16,18H,8-9H2,1-3H3. The van der Waals surface area contributed by atoms with Crippen LogP contribution >= 0.6 is 0 Å². The first-order valence-electron chi connectivity index (χ1n) is 6.77. The van der Waals surface area contributed by atoms with Crippen LogP contribution in [0.4, 0.5) is 5.69 Å². The third kappa shape index (κ3) is 2.96. The second-order valence-corrected chi connectivity index (χ2v) is 5.49. The van der Waals surface area contributed by atoms with Crippen LogP contribution in [-0.2, 0) is 4.79 Å². The Morgan fingerprint density at radius 3 is 2.79 bits per heavy atom. The van der Waals surface area contributed by atoms with Crippen molar-refractivity contribution in [3.8, 4) is 0 Å². The van der Waals surface area contributed by atoms with Crippen LogP contribution in [0.15, 0.2) is 24.3 Å². The van der Waals surface area contributed by atoms with E-state index in [-0.39, 0.29) is 24.0 Å². The van der Waals surface area contributed by atoms with Crippen LogP contribution in [0.1, 0.15) is 31.9 Å². The lowest BCUT2D eigenvalue weighted by Crippen LogP contribution is -2.40. The molecule has 0 saturated carbocycles. The van der Waals surface area contributed by atoms with E-state index in [1.165, 1.54) is 0 Å². The Morgan fingerprint density at radius 2 is 2.11 bits per heavy atom. The lowest BCUT2D eigenvalue weighted by Gasteiger charge is -2.32. The molecule has 2 unspecified atom stereocenters. The predicted molar refractivity (Wildman–Crippen MR) is 76.1 cm³/mol. The van der Waals surface area contributed by atoms with E-state index in [1.807, 2.05) is 38.1 Å². The Morgan fingerprint density at radius 1 is 1.42 bits per heavy atom. The van der Waals surface area contributed by atoms with Gasteiger partial charge in [0.1, 0.15) is 0 Å². The summed E-state index contributed by atoms with van der Waals surface area (Å²) >= 11 is 0. The predicted octanol–water partition coefficient (Wildman–Crippen LogP) is 1.70. The molecular weight excluding hydrogens is 240 g/mol. The smallest absolute Gasteiger partial charge is 0.228 e. The molecule has 4 heteroatoms. The minimum atomic E-state index is -0.387. The lowest BCUT2D eigenvalue weighted by atomic mass is 9.95. The number of anilines is 1. The molecule has 0 spiro atoms. The highest BCUT2D eigenvalue weighted by atomic mass is 16.3. The summed E-state index contributed by atoms with van der Waals surface area (Å²) in [6, 6.07) is 7.91. The highest BCUT2D eigenvalue weighted by Gasteiger charge is 2.28. The third-order valence-corrected chi connectivity index (χ3v) is 3.77. The monoisotopic (exact) mass is 262 g/mol. The van der Waals surface area contributed by atoms with E-state index in [2.05, 4.69) is 5.32 Å². The largest absolute Gasteiger partial charge is 0.392 e. The number of aliphatic hydroxyl groups excluding tert-OH is 1. The number of fused-ring (bicyclic) bond motifs is 1. The fourth-order valence-corrected chi connectivity index (χ4v) is 2.32. The van der Waals surface area contributed by atoms with Crippen molar-refractivity contribution in [2.45, 2.75) is 32.4 Å². The number of nitrogens with one attached hydrogen (secondary N) is 1. The van der Waals surface area contributed by atoms with Gasteiger partial charge in [-0.3, -0.25) is 4.79 Å². The highest BCUT2D eigenvalue weighted by molar-refractivity contribution is 5.96. The number of carbonyl (C=O) groups is 1. The van der Waals surface area contributed by atoms with Gasteiger partial charge in [0, 0.05) is 31.7 Å². The van der Waals surface area contributed by atoms with Crippen LogP contribution in [0, 0.1) is 5.92 Å². The van der Waals surface area contributed by atoms with Crippen molar-refractivity contribution < 1.29 is 9.90 Å². The number of benzene rings is 1. The van der Waals surface area contributed by atoms with Gasteiger partial charge in [-0.2, -0.15) is 0 Å². The lowest BCUT2D eigenvalue weighted by molar-refractivity contribution is -0.119. The van der Waals surface area contributed by atoms with E-state index in [9.17, 15) is 9.90 Å². The van der Waals surface area contributed by atoms with Gasteiger partial charge in [0.2, 0.25) is 5.91 Å². The van der Waals surface area contributed by atoms with E-state index in [1.54, 1.807) is 11.9 Å². The summed E-state index contributed by atoms with van der Waals surface area (Å²) in [6.45, 7) is 4.48. The fraction of sp³-hybridized carbons (Fsp3) is 0.533. The molecule has 0 radical (unpaired) electrons. The molecule has 1 aromatic carbocycles. The van der Waals surface area contributed by atoms with E-state index in [0.717, 1.165) is 11.3 Å². The van der Waals surface area contributed by atoms with Crippen molar-refractivity contribution in [3.63, 3.8) is 0 Å². The first-order chi connectivity index (χ1) is 9.00. The zero-order valence-corrected chi connectivity index (χ0v) is 11.8. The van der Waals surface area contributed by atoms with Gasteiger partial charge in [-0.15, -0.1) is 0 Å². The molecule has 0 saturated heterocycles. The maximum absolute atomic E-state index is 12.0. The molecule has 0 aromatic heterocycles. The second kappa shape index (κ2) is 5.72. The second-order valence-electron chi connectivity index (χ2n) is 5.49. The summed E-state index contributed by atoms with van der Waals surface area (Å²) in [7, 11) is 1.81. The Balaban J connectivity index is 2.14. The number of para-hydroxylation sites is 1. The van der Waals surface area contributed by atoms with E-state index in [4.69, 9.17) is 0 Å². The summed E-state index contributed by atoms with van der Waals surface area (Å²) in [5, 5.41) is 13.2. The quantitative estimate of drug-likeness (QED) is 0.868. The van der Waals surface area contributed by atoms with Crippen LogP contribution in [0.25, 0.3) is 0 Å². The van der Waals surface area contributed by atoms with Gasteiger partial charge >= 0.3 is 0 Å². The summed E-state index contributed by atoms with van der Waals surface area (Å²) in [4.78, 5) is 13.7. The molecule has 1 aliphatic rings. The highest BCUT2D eigenvalue weighted by Crippen LogP contribution is 2.33. The summed E-state index contributed by atoms with van der Waals surface area (Å²) in [6.07, 6.45) is 0.0557. The van der Waals surface area contributed by atoms with Crippen molar-refractivity contribution in [1.29, 1.82) is 0 Å². The maximum Gasteiger partial charge on any atom is 0.228 e. The Labute approximate surface area is 114 Å². The average molecular weight is 262 g/mol. The number of carbonyl (C=O) groups excluding carboxylic acids is 1. The van der Waals surface area contributed by atoms with Gasteiger partial charge in [0.25, 0.3) is 0 Å². The molecule has 0 fully saturated rings. The van der Waals surface area contributed by atoms with E-state index < -0.39 is 0 Å². The topological polar surface area (TPSA) is 52.6 Å². The first-order valence-corrected chi connectivity index (χ1v) is 6.77. The van der Waals surface area contributed by atoms with Crippen LogP contribution < -0.4 is 10.2 Å². The minimum absolute atomic E-state index is 0.00620. The number of hydrogen-bond donors (Lipinski definition) is 2. The summed E-state index contributed by atoms with van der Waals surface area (Å²) in [5.74, 6) is 0.319. The summed E-state index contributed by atoms with van der Waals surface area (Å²) < 4.78 is 0. The minimum Gasteiger partial charge on any atom is -0.392 e. The molecule has 2 rings (SSSR count).